The monoisotopic (exact) mass is 496 g/mol. The fourth-order valence-corrected chi connectivity index (χ4v) is 6.61. The zero-order valence-electron chi connectivity index (χ0n) is 20.9. The predicted molar refractivity (Wildman–Crippen MR) is 137 cm³/mol. The summed E-state index contributed by atoms with van der Waals surface area (Å²) in [5.41, 5.74) is 1.72. The third kappa shape index (κ3) is 4.23. The van der Waals surface area contributed by atoms with Crippen LogP contribution in [0, 0.1) is 5.41 Å². The summed E-state index contributed by atoms with van der Waals surface area (Å²) in [7, 11) is -2.90. The fourth-order valence-electron chi connectivity index (χ4n) is 4.49. The molecule has 9 nitrogen and oxygen atoms in total. The summed E-state index contributed by atoms with van der Waals surface area (Å²) in [6.45, 7) is 9.40. The van der Waals surface area contributed by atoms with E-state index in [9.17, 15) is 9.00 Å². The van der Waals surface area contributed by atoms with Gasteiger partial charge in [0, 0.05) is 35.2 Å². The minimum Gasteiger partial charge on any atom is -0.377 e. The number of hydrogen-bond donors (Lipinski definition) is 1. The molecule has 3 aromatic rings. The fraction of sp³-hybridized carbons (Fsp3) is 0.520. The molecule has 5 rings (SSSR count). The van der Waals surface area contributed by atoms with Gasteiger partial charge in [0.05, 0.1) is 51.1 Å². The molecule has 1 saturated carbocycles. The molecule has 1 amide bonds. The SMILES string of the molecule is CC1COCCN1c1cc(C2(S(C)(=O)=NC(=O)C(C)(C)C)CC2)nc(-c2cccc3[nH]ncc23)n1. The van der Waals surface area contributed by atoms with Crippen molar-refractivity contribution in [2.45, 2.75) is 51.3 Å². The summed E-state index contributed by atoms with van der Waals surface area (Å²) in [5.74, 6) is 0.965. The molecule has 0 radical (unpaired) electrons. The van der Waals surface area contributed by atoms with E-state index in [2.05, 4.69) is 26.4 Å². The van der Waals surface area contributed by atoms with E-state index in [1.165, 1.54) is 0 Å². The molecular formula is C25H32N6O3S. The number of nitrogens with one attached hydrogen (secondary N) is 1. The Morgan fingerprint density at radius 2 is 2.06 bits per heavy atom. The van der Waals surface area contributed by atoms with Crippen LogP contribution in [0.2, 0.25) is 0 Å². The molecule has 1 aromatic carbocycles. The summed E-state index contributed by atoms with van der Waals surface area (Å²) in [6.07, 6.45) is 4.69. The number of aromatic nitrogens is 4. The molecule has 2 atom stereocenters. The number of anilines is 1. The van der Waals surface area contributed by atoms with E-state index in [4.69, 9.17) is 14.7 Å². The highest BCUT2D eigenvalue weighted by Crippen LogP contribution is 2.53. The Morgan fingerprint density at radius 1 is 1.29 bits per heavy atom. The van der Waals surface area contributed by atoms with Crippen LogP contribution in [0.25, 0.3) is 22.3 Å². The molecule has 2 aliphatic rings. The zero-order chi connectivity index (χ0) is 25.0. The van der Waals surface area contributed by atoms with Gasteiger partial charge in [-0.25, -0.2) is 14.2 Å². The van der Waals surface area contributed by atoms with Crippen molar-refractivity contribution in [1.29, 1.82) is 0 Å². The van der Waals surface area contributed by atoms with Crippen molar-refractivity contribution in [2.75, 3.05) is 30.9 Å². The van der Waals surface area contributed by atoms with Crippen molar-refractivity contribution < 1.29 is 13.7 Å². The van der Waals surface area contributed by atoms with Crippen LogP contribution in [0.1, 0.15) is 46.2 Å². The first kappa shape index (κ1) is 23.9. The predicted octanol–water partition coefficient (Wildman–Crippen LogP) is 3.90. The van der Waals surface area contributed by atoms with Gasteiger partial charge in [0.25, 0.3) is 5.91 Å². The quantitative estimate of drug-likeness (QED) is 0.583. The molecule has 3 heterocycles. The maximum atomic E-state index is 14.0. The number of morpholine rings is 1. The maximum absolute atomic E-state index is 14.0. The van der Waals surface area contributed by atoms with Gasteiger partial charge >= 0.3 is 0 Å². The van der Waals surface area contributed by atoms with E-state index >= 15 is 0 Å². The Morgan fingerprint density at radius 3 is 2.74 bits per heavy atom. The molecule has 2 aromatic heterocycles. The minimum atomic E-state index is -2.90. The van der Waals surface area contributed by atoms with E-state index < -0.39 is 19.9 Å². The Balaban J connectivity index is 1.69. The van der Waals surface area contributed by atoms with Gasteiger partial charge in [-0.05, 0) is 25.8 Å². The van der Waals surface area contributed by atoms with Crippen molar-refractivity contribution in [3.63, 3.8) is 0 Å². The molecule has 1 aliphatic heterocycles. The molecule has 2 unspecified atom stereocenters. The van der Waals surface area contributed by atoms with Gasteiger partial charge in [-0.2, -0.15) is 9.46 Å². The Hall–Kier alpha value is -2.85. The lowest BCUT2D eigenvalue weighted by atomic mass is 9.96. The second-order valence-corrected chi connectivity index (χ2v) is 13.2. The van der Waals surface area contributed by atoms with Crippen molar-refractivity contribution in [3.05, 3.63) is 36.2 Å². The lowest BCUT2D eigenvalue weighted by Gasteiger charge is -2.35. The number of carbonyl (C=O) groups excluding carboxylic acids is 1. The number of fused-ring (bicyclic) bond motifs is 1. The van der Waals surface area contributed by atoms with Crippen molar-refractivity contribution >= 4 is 32.4 Å². The van der Waals surface area contributed by atoms with Gasteiger partial charge in [0.15, 0.2) is 5.82 Å². The summed E-state index contributed by atoms with van der Waals surface area (Å²) in [6, 6.07) is 7.94. The van der Waals surface area contributed by atoms with Crippen molar-refractivity contribution in [3.8, 4) is 11.4 Å². The first-order valence-corrected chi connectivity index (χ1v) is 13.9. The first-order chi connectivity index (χ1) is 16.5. The minimum absolute atomic E-state index is 0.136. The second-order valence-electron chi connectivity index (χ2n) is 10.6. The molecular weight excluding hydrogens is 464 g/mol. The van der Waals surface area contributed by atoms with Crippen LogP contribution >= 0.6 is 0 Å². The summed E-state index contributed by atoms with van der Waals surface area (Å²) in [4.78, 5) is 24.9. The highest BCUT2D eigenvalue weighted by Gasteiger charge is 2.54. The summed E-state index contributed by atoms with van der Waals surface area (Å²) in [5, 5.41) is 8.10. The largest absolute Gasteiger partial charge is 0.377 e. The lowest BCUT2D eigenvalue weighted by Crippen LogP contribution is -2.44. The van der Waals surface area contributed by atoms with Crippen LogP contribution in [0.3, 0.4) is 0 Å². The van der Waals surface area contributed by atoms with Crippen molar-refractivity contribution in [2.24, 2.45) is 9.78 Å². The zero-order valence-corrected chi connectivity index (χ0v) is 21.7. The number of benzene rings is 1. The highest BCUT2D eigenvalue weighted by molar-refractivity contribution is 7.94. The topological polar surface area (TPSA) is 113 Å². The van der Waals surface area contributed by atoms with E-state index in [-0.39, 0.29) is 11.9 Å². The average molecular weight is 497 g/mol. The number of ether oxygens (including phenoxy) is 1. The molecule has 186 valence electrons. The van der Waals surface area contributed by atoms with E-state index in [0.29, 0.717) is 44.1 Å². The molecule has 0 spiro atoms. The molecule has 1 N–H and O–H groups in total. The van der Waals surface area contributed by atoms with Gasteiger partial charge in [0.1, 0.15) is 5.82 Å². The molecule has 10 heteroatoms. The van der Waals surface area contributed by atoms with Crippen LogP contribution in [0.5, 0.6) is 0 Å². The average Bonchev–Trinajstić information content (AvgIpc) is 3.50. The number of aromatic amines is 1. The van der Waals surface area contributed by atoms with E-state index in [0.717, 1.165) is 22.3 Å². The molecule has 2 fully saturated rings. The molecule has 1 saturated heterocycles. The van der Waals surface area contributed by atoms with Crippen LogP contribution < -0.4 is 4.90 Å². The third-order valence-electron chi connectivity index (χ3n) is 6.89. The summed E-state index contributed by atoms with van der Waals surface area (Å²) >= 11 is 0. The second kappa shape index (κ2) is 8.37. The van der Waals surface area contributed by atoms with Crippen LogP contribution in [-0.4, -0.2) is 62.3 Å². The normalized spacial score (nSPS) is 21.5. The van der Waals surface area contributed by atoms with Crippen LogP contribution in [0.15, 0.2) is 34.8 Å². The molecule has 1 aliphatic carbocycles. The van der Waals surface area contributed by atoms with Crippen molar-refractivity contribution in [1.82, 2.24) is 20.2 Å². The van der Waals surface area contributed by atoms with Gasteiger partial charge < -0.3 is 9.64 Å². The van der Waals surface area contributed by atoms with Crippen LogP contribution in [-0.2, 0) is 24.0 Å². The van der Waals surface area contributed by atoms with Crippen LogP contribution in [0.4, 0.5) is 5.82 Å². The summed E-state index contributed by atoms with van der Waals surface area (Å²) < 4.78 is 23.1. The first-order valence-electron chi connectivity index (χ1n) is 11.9. The van der Waals surface area contributed by atoms with Gasteiger partial charge in [0.2, 0.25) is 0 Å². The number of nitrogens with zero attached hydrogens (tertiary/aromatic N) is 5. The van der Waals surface area contributed by atoms with Gasteiger partial charge in [-0.3, -0.25) is 9.89 Å². The van der Waals surface area contributed by atoms with E-state index in [1.54, 1.807) is 33.2 Å². The number of rotatable bonds is 4. The lowest BCUT2D eigenvalue weighted by molar-refractivity contribution is -0.124. The Bertz CT molecular complexity index is 1410. The number of amides is 1. The number of H-pyrrole nitrogens is 1. The smallest absolute Gasteiger partial charge is 0.259 e. The standard InChI is InChI=1S/C25H32N6O3S/c1-16-15-34-12-11-31(16)21-13-20(25(9-10-25)35(5,33)30-23(32)24(2,3)4)27-22(28-21)17-7-6-8-19-18(17)14-26-29-19/h6-8,13-14,16H,9-12,15H2,1-5H3,(H,26,29). The molecule has 35 heavy (non-hydrogen) atoms. The number of hydrogen-bond acceptors (Lipinski definition) is 7. The Labute approximate surface area is 205 Å². The highest BCUT2D eigenvalue weighted by atomic mass is 32.2. The number of carbonyl (C=O) groups is 1. The van der Waals surface area contributed by atoms with E-state index in [1.807, 2.05) is 24.3 Å². The Kier molecular flexibility index (Phi) is 5.71. The molecule has 0 bridgehead atoms. The van der Waals surface area contributed by atoms with Gasteiger partial charge in [-0.1, -0.05) is 32.9 Å². The maximum Gasteiger partial charge on any atom is 0.259 e. The van der Waals surface area contributed by atoms with Gasteiger partial charge in [-0.15, -0.1) is 0 Å². The third-order valence-corrected chi connectivity index (χ3v) is 9.48.